The minimum absolute atomic E-state index is 0.0425. The second-order valence-corrected chi connectivity index (χ2v) is 8.45. The number of nitrogens with zero attached hydrogens (tertiary/aromatic N) is 2. The highest BCUT2D eigenvalue weighted by atomic mass is 16.5. The molecule has 4 aromatic rings. The number of amides is 1. The number of benzene rings is 4. The highest BCUT2D eigenvalue weighted by molar-refractivity contribution is 6.35. The molecule has 1 aliphatic rings. The third-order valence-corrected chi connectivity index (χ3v) is 6.40. The number of methoxy groups -OCH3 is 2. The molecule has 0 bridgehead atoms. The zero-order valence-electron chi connectivity index (χ0n) is 20.6. The van der Waals surface area contributed by atoms with E-state index in [9.17, 15) is 4.79 Å². The van der Waals surface area contributed by atoms with E-state index in [-0.39, 0.29) is 5.91 Å². The van der Waals surface area contributed by atoms with Crippen LogP contribution in [0.2, 0.25) is 0 Å². The molecule has 0 unspecified atom stereocenters. The van der Waals surface area contributed by atoms with Gasteiger partial charge in [0, 0.05) is 34.7 Å². The lowest BCUT2D eigenvalue weighted by atomic mass is 10.0. The van der Waals surface area contributed by atoms with Crippen molar-refractivity contribution < 1.29 is 14.3 Å². The Balaban J connectivity index is 1.51. The first-order chi connectivity index (χ1) is 17.6. The first-order valence-corrected chi connectivity index (χ1v) is 11.9. The van der Waals surface area contributed by atoms with E-state index in [1.165, 1.54) is 0 Å². The molecule has 0 radical (unpaired) electrons. The second-order valence-electron chi connectivity index (χ2n) is 8.45. The summed E-state index contributed by atoms with van der Waals surface area (Å²) >= 11 is 0. The minimum Gasteiger partial charge on any atom is -0.497 e. The molecule has 0 N–H and O–H groups in total. The van der Waals surface area contributed by atoms with Crippen molar-refractivity contribution in [3.63, 3.8) is 0 Å². The van der Waals surface area contributed by atoms with Gasteiger partial charge in [-0.25, -0.2) is 0 Å². The molecule has 0 aliphatic carbocycles. The number of fused-ring (bicyclic) bond motifs is 1. The Bertz CT molecular complexity index is 1340. The Morgan fingerprint density at radius 3 is 1.72 bits per heavy atom. The molecule has 1 aliphatic heterocycles. The summed E-state index contributed by atoms with van der Waals surface area (Å²) in [6.07, 6.45) is 1.98. The Morgan fingerprint density at radius 1 is 0.722 bits per heavy atom. The van der Waals surface area contributed by atoms with E-state index in [4.69, 9.17) is 9.47 Å². The normalized spacial score (nSPS) is 13.6. The molecular weight excluding hydrogens is 448 g/mol. The first kappa shape index (κ1) is 23.2. The quantitative estimate of drug-likeness (QED) is 0.267. The van der Waals surface area contributed by atoms with E-state index in [0.29, 0.717) is 6.54 Å². The van der Waals surface area contributed by atoms with Crippen LogP contribution >= 0.6 is 0 Å². The summed E-state index contributed by atoms with van der Waals surface area (Å²) in [5.41, 5.74) is 6.66. The van der Waals surface area contributed by atoms with Crippen LogP contribution < -0.4 is 19.3 Å². The summed E-state index contributed by atoms with van der Waals surface area (Å²) in [4.78, 5) is 17.1. The van der Waals surface area contributed by atoms with Crippen LogP contribution in [-0.4, -0.2) is 26.7 Å². The van der Waals surface area contributed by atoms with Gasteiger partial charge in [-0.3, -0.25) is 4.79 Å². The van der Waals surface area contributed by atoms with Crippen molar-refractivity contribution >= 4 is 40.3 Å². The fourth-order valence-electron chi connectivity index (χ4n) is 4.56. The maximum absolute atomic E-state index is 13.1. The van der Waals surface area contributed by atoms with Gasteiger partial charge < -0.3 is 19.3 Å². The van der Waals surface area contributed by atoms with E-state index in [1.54, 1.807) is 14.2 Å². The van der Waals surface area contributed by atoms with Crippen LogP contribution in [0, 0.1) is 0 Å². The molecule has 1 heterocycles. The zero-order valence-corrected chi connectivity index (χ0v) is 20.6. The summed E-state index contributed by atoms with van der Waals surface area (Å²) in [5.74, 6) is 1.65. The Labute approximate surface area is 211 Å². The molecule has 5 nitrogen and oxygen atoms in total. The smallest absolute Gasteiger partial charge is 0.258 e. The van der Waals surface area contributed by atoms with Crippen LogP contribution in [0.15, 0.2) is 97.1 Å². The minimum atomic E-state index is 0.0425. The molecule has 180 valence electrons. The van der Waals surface area contributed by atoms with Gasteiger partial charge in [-0.1, -0.05) is 30.3 Å². The highest BCUT2D eigenvalue weighted by Crippen LogP contribution is 2.39. The van der Waals surface area contributed by atoms with Gasteiger partial charge in [0.05, 0.1) is 19.9 Å². The van der Waals surface area contributed by atoms with E-state index in [0.717, 1.165) is 50.9 Å². The molecule has 0 saturated carbocycles. The van der Waals surface area contributed by atoms with Crippen LogP contribution in [0.4, 0.5) is 22.7 Å². The fraction of sp³-hybridized carbons (Fsp3) is 0.129. The second kappa shape index (κ2) is 10.0. The summed E-state index contributed by atoms with van der Waals surface area (Å²) in [5, 5.41) is 0. The van der Waals surface area contributed by atoms with Crippen molar-refractivity contribution in [3.05, 3.63) is 108 Å². The average Bonchev–Trinajstić information content (AvgIpc) is 3.20. The van der Waals surface area contributed by atoms with Crippen molar-refractivity contribution in [3.8, 4) is 11.5 Å². The van der Waals surface area contributed by atoms with Crippen LogP contribution in [0.25, 0.3) is 11.6 Å². The standard InChI is InChI=1S/C31H28N2O3/c1-4-32-30-8-6-5-7-28(30)29(31(32)34)21-22-9-11-23(12-10-22)33(24-13-17-26(35-2)18-14-24)25-15-19-27(36-3)20-16-25/h5-21H,4H2,1-3H3/b29-21-. The number of anilines is 4. The summed E-state index contributed by atoms with van der Waals surface area (Å²) in [6.45, 7) is 2.64. The molecule has 0 fully saturated rings. The number of carbonyl (C=O) groups excluding carboxylic acids is 1. The van der Waals surface area contributed by atoms with Gasteiger partial charge >= 0.3 is 0 Å². The van der Waals surface area contributed by atoms with Crippen LogP contribution in [0.1, 0.15) is 18.1 Å². The molecule has 0 spiro atoms. The maximum Gasteiger partial charge on any atom is 0.258 e. The predicted molar refractivity (Wildman–Crippen MR) is 147 cm³/mol. The Morgan fingerprint density at radius 2 is 1.22 bits per heavy atom. The molecule has 4 aromatic carbocycles. The molecule has 5 heteroatoms. The van der Waals surface area contributed by atoms with Crippen molar-refractivity contribution in [2.45, 2.75) is 6.92 Å². The number of rotatable bonds is 7. The third-order valence-electron chi connectivity index (χ3n) is 6.40. The molecule has 0 aromatic heterocycles. The van der Waals surface area contributed by atoms with E-state index in [2.05, 4.69) is 17.0 Å². The van der Waals surface area contributed by atoms with Gasteiger partial charge in [-0.05, 0) is 85.3 Å². The lowest BCUT2D eigenvalue weighted by Gasteiger charge is -2.26. The van der Waals surface area contributed by atoms with Gasteiger partial charge in [0.1, 0.15) is 11.5 Å². The van der Waals surface area contributed by atoms with Crippen molar-refractivity contribution in [1.82, 2.24) is 0 Å². The van der Waals surface area contributed by atoms with Crippen molar-refractivity contribution in [2.75, 3.05) is 30.6 Å². The molecule has 0 atom stereocenters. The molecular formula is C31H28N2O3. The van der Waals surface area contributed by atoms with E-state index in [1.807, 2.05) is 103 Å². The van der Waals surface area contributed by atoms with Crippen LogP contribution in [-0.2, 0) is 4.79 Å². The highest BCUT2D eigenvalue weighted by Gasteiger charge is 2.30. The van der Waals surface area contributed by atoms with E-state index >= 15 is 0 Å². The summed E-state index contributed by atoms with van der Waals surface area (Å²) < 4.78 is 10.7. The predicted octanol–water partition coefficient (Wildman–Crippen LogP) is 7.08. The molecule has 36 heavy (non-hydrogen) atoms. The van der Waals surface area contributed by atoms with E-state index < -0.39 is 0 Å². The van der Waals surface area contributed by atoms with Gasteiger partial charge in [0.2, 0.25) is 0 Å². The number of para-hydroxylation sites is 1. The SMILES string of the molecule is CCN1C(=O)/C(=C\c2ccc(N(c3ccc(OC)cc3)c3ccc(OC)cc3)cc2)c2ccccc21. The van der Waals surface area contributed by atoms with Gasteiger partial charge in [-0.2, -0.15) is 0 Å². The van der Waals surface area contributed by atoms with Crippen molar-refractivity contribution in [1.29, 1.82) is 0 Å². The number of carbonyl (C=O) groups is 1. The summed E-state index contributed by atoms with van der Waals surface area (Å²) in [7, 11) is 3.33. The van der Waals surface area contributed by atoms with Gasteiger partial charge in [0.15, 0.2) is 0 Å². The topological polar surface area (TPSA) is 42.0 Å². The Kier molecular flexibility index (Phi) is 6.46. The van der Waals surface area contributed by atoms with Gasteiger partial charge in [-0.15, -0.1) is 0 Å². The number of hydrogen-bond donors (Lipinski definition) is 0. The number of ether oxygens (including phenoxy) is 2. The zero-order chi connectivity index (χ0) is 25.1. The van der Waals surface area contributed by atoms with Crippen LogP contribution in [0.5, 0.6) is 11.5 Å². The number of likely N-dealkylation sites (N-methyl/N-ethyl adjacent to an activating group) is 1. The molecule has 1 amide bonds. The maximum atomic E-state index is 13.1. The van der Waals surface area contributed by atoms with Gasteiger partial charge in [0.25, 0.3) is 5.91 Å². The largest absolute Gasteiger partial charge is 0.497 e. The lowest BCUT2D eigenvalue weighted by Crippen LogP contribution is -2.25. The third kappa shape index (κ3) is 4.31. The molecule has 0 saturated heterocycles. The number of hydrogen-bond acceptors (Lipinski definition) is 4. The molecule has 5 rings (SSSR count). The first-order valence-electron chi connectivity index (χ1n) is 11.9. The van der Waals surface area contributed by atoms with Crippen molar-refractivity contribution in [2.24, 2.45) is 0 Å². The average molecular weight is 477 g/mol. The Hall–Kier alpha value is -4.51. The lowest BCUT2D eigenvalue weighted by molar-refractivity contribution is -0.112. The summed E-state index contributed by atoms with van der Waals surface area (Å²) in [6, 6.07) is 32.1. The van der Waals surface area contributed by atoms with Crippen LogP contribution in [0.3, 0.4) is 0 Å². The fourth-order valence-corrected chi connectivity index (χ4v) is 4.56. The monoisotopic (exact) mass is 476 g/mol.